The predicted octanol–water partition coefficient (Wildman–Crippen LogP) is 5.33. The van der Waals surface area contributed by atoms with Gasteiger partial charge in [0.15, 0.2) is 11.0 Å². The number of rotatable bonds is 9. The molecule has 194 valence electrons. The number of carbonyl (C=O) groups excluding carboxylic acids is 2. The number of aromatic nitrogens is 3. The molecule has 0 bridgehead atoms. The molecule has 2 aromatic carbocycles. The van der Waals surface area contributed by atoms with Crippen LogP contribution in [0.1, 0.15) is 72.7 Å². The van der Waals surface area contributed by atoms with E-state index in [9.17, 15) is 9.59 Å². The Balaban J connectivity index is 1.31. The van der Waals surface area contributed by atoms with Crippen LogP contribution < -0.4 is 10.2 Å². The Kier molecular flexibility index (Phi) is 8.24. The molecule has 8 heteroatoms. The second-order valence-corrected chi connectivity index (χ2v) is 11.1. The molecular weight excluding hydrogens is 482 g/mol. The summed E-state index contributed by atoms with van der Waals surface area (Å²) in [5, 5.41) is 13.1. The van der Waals surface area contributed by atoms with Crippen LogP contribution in [0.5, 0.6) is 0 Å². The van der Waals surface area contributed by atoms with E-state index < -0.39 is 0 Å². The van der Waals surface area contributed by atoms with Crippen molar-refractivity contribution in [1.29, 1.82) is 0 Å². The Morgan fingerprint density at radius 1 is 1.03 bits per heavy atom. The Labute approximate surface area is 223 Å². The fourth-order valence-corrected chi connectivity index (χ4v) is 6.42. The van der Waals surface area contributed by atoms with Crippen molar-refractivity contribution >= 4 is 29.3 Å². The number of nitrogens with one attached hydrogen (secondary N) is 1. The number of hydrogen-bond donors (Lipinski definition) is 1. The highest BCUT2D eigenvalue weighted by molar-refractivity contribution is 7.99. The first kappa shape index (κ1) is 25.5. The predicted molar refractivity (Wildman–Crippen MR) is 147 cm³/mol. The van der Waals surface area contributed by atoms with Crippen molar-refractivity contribution in [2.45, 2.75) is 62.6 Å². The average molecular weight is 518 g/mol. The molecule has 2 aliphatic rings. The topological polar surface area (TPSA) is 80.1 Å². The summed E-state index contributed by atoms with van der Waals surface area (Å²) in [6.45, 7) is 0.733. The molecule has 2 amide bonds. The smallest absolute Gasteiger partial charge is 0.251 e. The molecule has 5 rings (SSSR count). The van der Waals surface area contributed by atoms with Crippen LogP contribution in [-0.2, 0) is 18.3 Å². The fourth-order valence-electron chi connectivity index (χ4n) is 5.31. The lowest BCUT2D eigenvalue weighted by Gasteiger charge is -2.21. The van der Waals surface area contributed by atoms with Gasteiger partial charge in [-0.3, -0.25) is 9.59 Å². The Bertz CT molecular complexity index is 1200. The summed E-state index contributed by atoms with van der Waals surface area (Å²) in [5.41, 5.74) is 2.52. The first-order chi connectivity index (χ1) is 18.1. The summed E-state index contributed by atoms with van der Waals surface area (Å²) in [4.78, 5) is 27.2. The monoisotopic (exact) mass is 517 g/mol. The van der Waals surface area contributed by atoms with Gasteiger partial charge < -0.3 is 14.8 Å². The van der Waals surface area contributed by atoms with E-state index in [0.717, 1.165) is 46.9 Å². The van der Waals surface area contributed by atoms with E-state index in [0.29, 0.717) is 18.4 Å². The zero-order valence-electron chi connectivity index (χ0n) is 21.4. The number of anilines is 1. The average Bonchev–Trinajstić information content (AvgIpc) is 3.53. The Morgan fingerprint density at radius 3 is 2.49 bits per heavy atom. The van der Waals surface area contributed by atoms with Crippen molar-refractivity contribution < 1.29 is 9.59 Å². The number of hydrogen-bond acceptors (Lipinski definition) is 5. The lowest BCUT2D eigenvalue weighted by atomic mass is 9.91. The van der Waals surface area contributed by atoms with Crippen LogP contribution in [0.3, 0.4) is 0 Å². The fraction of sp³-hybridized carbons (Fsp3) is 0.448. The molecule has 1 aliphatic heterocycles. The molecule has 37 heavy (non-hydrogen) atoms. The Hall–Kier alpha value is -3.13. The molecule has 1 saturated heterocycles. The van der Waals surface area contributed by atoms with Crippen LogP contribution in [0.2, 0.25) is 0 Å². The van der Waals surface area contributed by atoms with E-state index in [2.05, 4.69) is 27.6 Å². The van der Waals surface area contributed by atoms with Crippen LogP contribution in [0.15, 0.2) is 59.8 Å². The second kappa shape index (κ2) is 11.9. The van der Waals surface area contributed by atoms with Gasteiger partial charge in [-0.05, 0) is 61.4 Å². The zero-order valence-corrected chi connectivity index (χ0v) is 22.3. The van der Waals surface area contributed by atoms with Gasteiger partial charge in [-0.1, -0.05) is 61.4 Å². The molecule has 7 nitrogen and oxygen atoms in total. The highest BCUT2D eigenvalue weighted by Gasteiger charge is 2.25. The van der Waals surface area contributed by atoms with E-state index in [1.165, 1.54) is 32.1 Å². The van der Waals surface area contributed by atoms with E-state index in [-0.39, 0.29) is 17.9 Å². The van der Waals surface area contributed by atoms with Crippen LogP contribution >= 0.6 is 11.8 Å². The molecule has 3 aromatic rings. The second-order valence-electron chi connectivity index (χ2n) is 10.1. The van der Waals surface area contributed by atoms with E-state index in [4.69, 9.17) is 0 Å². The molecule has 2 fully saturated rings. The van der Waals surface area contributed by atoms with Gasteiger partial charge in [0.2, 0.25) is 5.91 Å². The number of carbonyl (C=O) groups is 2. The number of amides is 2. The molecule has 1 saturated carbocycles. The molecule has 1 N–H and O–H groups in total. The SMILES string of the molecule is Cn1c(SCC2CCCCC2)nnc1C(Cc1ccccc1)NC(=O)c1ccc(N2CCCC2=O)cc1. The third-order valence-electron chi connectivity index (χ3n) is 7.46. The zero-order chi connectivity index (χ0) is 25.6. The normalized spacial score (nSPS) is 17.2. The Morgan fingerprint density at radius 2 is 1.78 bits per heavy atom. The van der Waals surface area contributed by atoms with Gasteiger partial charge in [-0.25, -0.2) is 0 Å². The lowest BCUT2D eigenvalue weighted by molar-refractivity contribution is -0.117. The number of nitrogens with zero attached hydrogens (tertiary/aromatic N) is 4. The van der Waals surface area contributed by atoms with Gasteiger partial charge in [0.05, 0.1) is 6.04 Å². The third-order valence-corrected chi connectivity index (χ3v) is 8.71. The van der Waals surface area contributed by atoms with Crippen molar-refractivity contribution in [3.05, 3.63) is 71.5 Å². The summed E-state index contributed by atoms with van der Waals surface area (Å²) in [7, 11) is 1.99. The molecule has 1 unspecified atom stereocenters. The van der Waals surface area contributed by atoms with E-state index >= 15 is 0 Å². The van der Waals surface area contributed by atoms with Crippen LogP contribution in [0.4, 0.5) is 5.69 Å². The van der Waals surface area contributed by atoms with Crippen molar-refractivity contribution in [1.82, 2.24) is 20.1 Å². The number of thioether (sulfide) groups is 1. The molecule has 1 aromatic heterocycles. The highest BCUT2D eigenvalue weighted by atomic mass is 32.2. The van der Waals surface area contributed by atoms with E-state index in [1.54, 1.807) is 28.8 Å². The minimum absolute atomic E-state index is 0.138. The first-order valence-electron chi connectivity index (χ1n) is 13.4. The summed E-state index contributed by atoms with van der Waals surface area (Å²) < 4.78 is 2.03. The van der Waals surface area contributed by atoms with Gasteiger partial charge in [0.1, 0.15) is 0 Å². The molecule has 0 radical (unpaired) electrons. The summed E-state index contributed by atoms with van der Waals surface area (Å²) in [6.07, 6.45) is 8.69. The highest BCUT2D eigenvalue weighted by Crippen LogP contribution is 2.30. The summed E-state index contributed by atoms with van der Waals surface area (Å²) in [5.74, 6) is 2.53. The quantitative estimate of drug-likeness (QED) is 0.388. The van der Waals surface area contributed by atoms with Crippen molar-refractivity contribution in [2.75, 3.05) is 17.2 Å². The van der Waals surface area contributed by atoms with Gasteiger partial charge >= 0.3 is 0 Å². The molecule has 1 aliphatic carbocycles. The maximum Gasteiger partial charge on any atom is 0.251 e. The first-order valence-corrected chi connectivity index (χ1v) is 14.3. The van der Waals surface area contributed by atoms with Crippen LogP contribution in [-0.4, -0.2) is 38.9 Å². The summed E-state index contributed by atoms with van der Waals surface area (Å²) >= 11 is 1.77. The summed E-state index contributed by atoms with van der Waals surface area (Å²) in [6, 6.07) is 17.1. The van der Waals surface area contributed by atoms with E-state index in [1.807, 2.05) is 41.9 Å². The molecule has 0 spiro atoms. The van der Waals surface area contributed by atoms with Crippen LogP contribution in [0.25, 0.3) is 0 Å². The minimum atomic E-state index is -0.323. The number of benzene rings is 2. The van der Waals surface area contributed by atoms with Gasteiger partial charge in [0, 0.05) is 37.0 Å². The lowest BCUT2D eigenvalue weighted by Crippen LogP contribution is -2.32. The van der Waals surface area contributed by atoms with Gasteiger partial charge in [-0.2, -0.15) is 0 Å². The maximum atomic E-state index is 13.3. The van der Waals surface area contributed by atoms with Gasteiger partial charge in [-0.15, -0.1) is 10.2 Å². The van der Waals surface area contributed by atoms with Crippen molar-refractivity contribution in [2.24, 2.45) is 13.0 Å². The molecular formula is C29H35N5O2S. The van der Waals surface area contributed by atoms with Gasteiger partial charge in [0.25, 0.3) is 5.91 Å². The minimum Gasteiger partial charge on any atom is -0.342 e. The maximum absolute atomic E-state index is 13.3. The van der Waals surface area contributed by atoms with Crippen LogP contribution in [0, 0.1) is 5.92 Å². The molecule has 2 heterocycles. The van der Waals surface area contributed by atoms with Crippen molar-refractivity contribution in [3.63, 3.8) is 0 Å². The third kappa shape index (κ3) is 6.24. The standard InChI is InChI=1S/C29H35N5O2S/c1-33-27(31-32-29(33)37-20-22-11-6-3-7-12-22)25(19-21-9-4-2-5-10-21)30-28(36)23-14-16-24(17-15-23)34-18-8-13-26(34)35/h2,4-5,9-10,14-17,22,25H,3,6-8,11-13,18-20H2,1H3,(H,30,36). The molecule has 1 atom stereocenters. The van der Waals surface area contributed by atoms with Crippen molar-refractivity contribution in [3.8, 4) is 0 Å². The largest absolute Gasteiger partial charge is 0.342 e.